The van der Waals surface area contributed by atoms with Crippen LogP contribution >= 0.6 is 11.8 Å². The Balaban J connectivity index is 1.54. The molecular formula is C21H18N2O3S. The third-order valence-electron chi connectivity index (χ3n) is 5.13. The van der Waals surface area contributed by atoms with Crippen molar-refractivity contribution in [2.45, 2.75) is 30.4 Å². The lowest BCUT2D eigenvalue weighted by atomic mass is 10.0. The van der Waals surface area contributed by atoms with Gasteiger partial charge in [0.15, 0.2) is 0 Å². The maximum Gasteiger partial charge on any atom is 0.330 e. The third-order valence-corrected chi connectivity index (χ3v) is 6.73. The maximum absolute atomic E-state index is 12.8. The van der Waals surface area contributed by atoms with Gasteiger partial charge in [-0.05, 0) is 18.1 Å². The highest BCUT2D eigenvalue weighted by Gasteiger charge is 2.57. The Labute approximate surface area is 161 Å². The molecule has 0 radical (unpaired) electrons. The Morgan fingerprint density at radius 3 is 2.74 bits per heavy atom. The summed E-state index contributed by atoms with van der Waals surface area (Å²) in [6.45, 7) is 0.0318. The fraction of sp³-hybridized carbons (Fsp3) is 0.286. The maximum atomic E-state index is 12.8. The summed E-state index contributed by atoms with van der Waals surface area (Å²) < 4.78 is 5.49. The van der Waals surface area contributed by atoms with Crippen LogP contribution in [0, 0.1) is 11.3 Å². The molecule has 2 aliphatic heterocycles. The van der Waals surface area contributed by atoms with Crippen LogP contribution in [0.25, 0.3) is 0 Å². The van der Waals surface area contributed by atoms with E-state index in [1.165, 1.54) is 0 Å². The highest BCUT2D eigenvalue weighted by Crippen LogP contribution is 2.54. The van der Waals surface area contributed by atoms with Crippen LogP contribution in [0.5, 0.6) is 0 Å². The first kappa shape index (κ1) is 17.6. The van der Waals surface area contributed by atoms with Gasteiger partial charge in [0.1, 0.15) is 17.5 Å². The lowest BCUT2D eigenvalue weighted by Gasteiger charge is -2.33. The van der Waals surface area contributed by atoms with Crippen molar-refractivity contribution in [2.75, 3.05) is 5.75 Å². The monoisotopic (exact) mass is 378 g/mol. The van der Waals surface area contributed by atoms with Gasteiger partial charge in [-0.3, -0.25) is 4.79 Å². The second-order valence-electron chi connectivity index (χ2n) is 6.62. The van der Waals surface area contributed by atoms with E-state index in [4.69, 9.17) is 10.00 Å². The lowest BCUT2D eigenvalue weighted by Crippen LogP contribution is -2.46. The zero-order valence-electron chi connectivity index (χ0n) is 14.6. The first-order chi connectivity index (χ1) is 13.2. The first-order valence-corrected chi connectivity index (χ1v) is 9.80. The first-order valence-electron chi connectivity index (χ1n) is 8.82. The Kier molecular flexibility index (Phi) is 4.63. The Hall–Kier alpha value is -2.78. The van der Waals surface area contributed by atoms with Gasteiger partial charge in [0.25, 0.3) is 0 Å². The molecule has 1 amide bonds. The second kappa shape index (κ2) is 7.09. The third kappa shape index (κ3) is 2.98. The van der Waals surface area contributed by atoms with E-state index in [1.807, 2.05) is 30.3 Å². The second-order valence-corrected chi connectivity index (χ2v) is 7.91. The number of amides is 1. The molecule has 5 nitrogen and oxygen atoms in total. The lowest BCUT2D eigenvalue weighted by molar-refractivity contribution is -0.155. The topological polar surface area (TPSA) is 70.4 Å². The molecule has 2 aromatic rings. The number of carbonyl (C=O) groups is 2. The van der Waals surface area contributed by atoms with Gasteiger partial charge in [-0.25, -0.2) is 4.79 Å². The predicted molar refractivity (Wildman–Crippen MR) is 101 cm³/mol. The number of rotatable bonds is 4. The summed E-state index contributed by atoms with van der Waals surface area (Å²) in [6, 6.07) is 18.4. The summed E-state index contributed by atoms with van der Waals surface area (Å²) in [5.74, 6) is 0.0887. The smallest absolute Gasteiger partial charge is 0.330 e. The van der Waals surface area contributed by atoms with Gasteiger partial charge in [-0.1, -0.05) is 48.5 Å². The highest BCUT2D eigenvalue weighted by atomic mass is 32.2. The summed E-state index contributed by atoms with van der Waals surface area (Å²) in [5.41, 5.74) is 2.20. The Bertz CT molecular complexity index is 925. The number of nitriles is 1. The fourth-order valence-corrected chi connectivity index (χ4v) is 5.45. The van der Waals surface area contributed by atoms with Crippen molar-refractivity contribution in [3.63, 3.8) is 0 Å². The fourth-order valence-electron chi connectivity index (χ4n) is 3.82. The molecule has 0 unspecified atom stereocenters. The van der Waals surface area contributed by atoms with E-state index in [2.05, 4.69) is 6.07 Å². The average molecular weight is 378 g/mol. The number of ether oxygens (including phenoxy) is 1. The number of hydrogen-bond donors (Lipinski definition) is 0. The molecule has 4 rings (SSSR count). The molecule has 0 spiro atoms. The molecule has 2 saturated heterocycles. The summed E-state index contributed by atoms with van der Waals surface area (Å²) in [4.78, 5) is 26.6. The zero-order chi connectivity index (χ0) is 18.9. The summed E-state index contributed by atoms with van der Waals surface area (Å²) in [7, 11) is 0. The van der Waals surface area contributed by atoms with E-state index < -0.39 is 16.9 Å². The summed E-state index contributed by atoms with van der Waals surface area (Å²) in [6.07, 6.45) is 1.13. The summed E-state index contributed by atoms with van der Waals surface area (Å²) in [5, 5.41) is 9.17. The van der Waals surface area contributed by atoms with Gasteiger partial charge in [-0.15, -0.1) is 11.8 Å². The predicted octanol–water partition coefficient (Wildman–Crippen LogP) is 3.19. The minimum atomic E-state index is -0.598. The molecule has 0 bridgehead atoms. The molecule has 0 N–H and O–H groups in total. The normalized spacial score (nSPS) is 23.7. The molecule has 2 aliphatic rings. The van der Waals surface area contributed by atoms with Gasteiger partial charge < -0.3 is 9.64 Å². The van der Waals surface area contributed by atoms with E-state index in [9.17, 15) is 9.59 Å². The molecule has 0 saturated carbocycles. The van der Waals surface area contributed by atoms with Crippen molar-refractivity contribution in [1.82, 2.24) is 4.90 Å². The number of benzene rings is 2. The Morgan fingerprint density at radius 1 is 1.22 bits per heavy atom. The molecule has 6 heteroatoms. The largest absolute Gasteiger partial charge is 0.459 e. The molecule has 2 heterocycles. The number of nitrogens with zero attached hydrogens (tertiary/aromatic N) is 2. The van der Waals surface area contributed by atoms with Gasteiger partial charge in [0.05, 0.1) is 11.6 Å². The van der Waals surface area contributed by atoms with E-state index in [1.54, 1.807) is 40.9 Å². The van der Waals surface area contributed by atoms with Gasteiger partial charge in [-0.2, -0.15) is 5.26 Å². The molecule has 2 atom stereocenters. The number of fused-ring (bicyclic) bond motifs is 1. The van der Waals surface area contributed by atoms with Crippen molar-refractivity contribution >= 4 is 23.6 Å². The zero-order valence-corrected chi connectivity index (χ0v) is 15.4. The van der Waals surface area contributed by atoms with E-state index in [0.29, 0.717) is 29.7 Å². The quantitative estimate of drug-likeness (QED) is 0.764. The van der Waals surface area contributed by atoms with Crippen LogP contribution in [-0.2, 0) is 25.8 Å². The van der Waals surface area contributed by atoms with Crippen LogP contribution in [-0.4, -0.2) is 28.6 Å². The van der Waals surface area contributed by atoms with Gasteiger partial charge in [0, 0.05) is 17.7 Å². The molecule has 136 valence electrons. The van der Waals surface area contributed by atoms with Gasteiger partial charge >= 0.3 is 5.97 Å². The van der Waals surface area contributed by atoms with Crippen LogP contribution in [0.15, 0.2) is 54.6 Å². The van der Waals surface area contributed by atoms with Crippen molar-refractivity contribution in [2.24, 2.45) is 0 Å². The van der Waals surface area contributed by atoms with Crippen molar-refractivity contribution in [3.8, 4) is 6.07 Å². The molecule has 2 aromatic carbocycles. The van der Waals surface area contributed by atoms with Crippen LogP contribution in [0.1, 0.15) is 29.5 Å². The van der Waals surface area contributed by atoms with Crippen LogP contribution in [0.3, 0.4) is 0 Å². The number of esters is 1. The Morgan fingerprint density at radius 2 is 1.96 bits per heavy atom. The molecule has 27 heavy (non-hydrogen) atoms. The van der Waals surface area contributed by atoms with Crippen LogP contribution < -0.4 is 0 Å². The molecular weight excluding hydrogens is 360 g/mol. The van der Waals surface area contributed by atoms with E-state index >= 15 is 0 Å². The van der Waals surface area contributed by atoms with Crippen molar-refractivity contribution in [3.05, 3.63) is 71.3 Å². The molecule has 2 fully saturated rings. The molecule has 0 aliphatic carbocycles. The summed E-state index contributed by atoms with van der Waals surface area (Å²) >= 11 is 1.63. The molecule has 0 aromatic heterocycles. The number of carbonyl (C=O) groups excluding carboxylic acids is 2. The number of thioether (sulfide) groups is 1. The van der Waals surface area contributed by atoms with Crippen LogP contribution in [0.4, 0.5) is 0 Å². The average Bonchev–Trinajstić information content (AvgIpc) is 3.26. The van der Waals surface area contributed by atoms with E-state index in [0.717, 1.165) is 5.56 Å². The minimum absolute atomic E-state index is 0.0109. The highest BCUT2D eigenvalue weighted by molar-refractivity contribution is 8.00. The van der Waals surface area contributed by atoms with Gasteiger partial charge in [0.2, 0.25) is 5.91 Å². The van der Waals surface area contributed by atoms with Crippen LogP contribution in [0.2, 0.25) is 0 Å². The van der Waals surface area contributed by atoms with Crippen molar-refractivity contribution in [1.29, 1.82) is 5.26 Å². The SMILES string of the molecule is N#Cc1ccccc1COC(=O)[C@@H]1CS[C@]2(c3ccccc3)CCC(=O)N12. The number of hydrogen-bond acceptors (Lipinski definition) is 5. The standard InChI is InChI=1S/C21H18N2O3S/c22-12-15-6-4-5-7-16(15)13-26-20(25)18-14-27-21(11-10-19(24)23(18)21)17-8-2-1-3-9-17/h1-9,18H,10-11,13-14H2/t18-,21-/m0/s1. The van der Waals surface area contributed by atoms with E-state index in [-0.39, 0.29) is 12.5 Å². The minimum Gasteiger partial charge on any atom is -0.459 e. The van der Waals surface area contributed by atoms with Crippen molar-refractivity contribution < 1.29 is 14.3 Å².